The first-order chi connectivity index (χ1) is 18.3. The minimum atomic E-state index is -3.71. The summed E-state index contributed by atoms with van der Waals surface area (Å²) in [5.74, 6) is 0.918. The molecule has 0 bridgehead atoms. The van der Waals surface area contributed by atoms with Crippen LogP contribution in [0.25, 0.3) is 28.2 Å². The maximum Gasteiger partial charge on any atom is 0.336 e. The third kappa shape index (κ3) is 4.81. The van der Waals surface area contributed by atoms with Crippen LogP contribution >= 0.6 is 0 Å². The number of ether oxygens (including phenoxy) is 1. The van der Waals surface area contributed by atoms with Gasteiger partial charge in [0, 0.05) is 32.7 Å². The molecule has 38 heavy (non-hydrogen) atoms. The van der Waals surface area contributed by atoms with E-state index < -0.39 is 10.0 Å². The number of nitrogens with one attached hydrogen (secondary N) is 1. The molecule has 4 aromatic rings. The van der Waals surface area contributed by atoms with Crippen LogP contribution in [-0.2, 0) is 16.6 Å². The van der Waals surface area contributed by atoms with Crippen molar-refractivity contribution < 1.29 is 13.2 Å². The Labute approximate surface area is 221 Å². The van der Waals surface area contributed by atoms with Crippen molar-refractivity contribution in [3.63, 3.8) is 0 Å². The van der Waals surface area contributed by atoms with Crippen molar-refractivity contribution in [2.24, 2.45) is 0 Å². The molecule has 0 aliphatic carbocycles. The molecule has 0 atom stereocenters. The van der Waals surface area contributed by atoms with Gasteiger partial charge in [-0.3, -0.25) is 4.57 Å². The maximum absolute atomic E-state index is 13.5. The van der Waals surface area contributed by atoms with Crippen molar-refractivity contribution in [1.29, 1.82) is 0 Å². The molecule has 0 spiro atoms. The van der Waals surface area contributed by atoms with Crippen molar-refractivity contribution in [3.8, 4) is 17.1 Å². The van der Waals surface area contributed by atoms with Gasteiger partial charge in [0.1, 0.15) is 23.4 Å². The summed E-state index contributed by atoms with van der Waals surface area (Å²) in [6, 6.07) is 4.88. The van der Waals surface area contributed by atoms with Crippen LogP contribution in [0, 0.1) is 0 Å². The fourth-order valence-corrected chi connectivity index (χ4v) is 6.15. The molecule has 12 nitrogen and oxygen atoms in total. The third-order valence-electron chi connectivity index (χ3n) is 6.90. The highest BCUT2D eigenvalue weighted by molar-refractivity contribution is 7.89. The number of hydrogen-bond donors (Lipinski definition) is 1. The van der Waals surface area contributed by atoms with E-state index in [1.54, 1.807) is 22.8 Å². The molecule has 0 amide bonds. The second kappa shape index (κ2) is 10.8. The lowest BCUT2D eigenvalue weighted by Gasteiger charge is -2.31. The molecule has 1 aromatic carbocycles. The standard InChI is InChI=1S/C25H34N8O4S/c1-4-6-7-10-32-23-21(24-29-26-17-33(24)25(32)34)27-22(28-23)19-16-18(8-9-20(19)37-15-5-2)38(35,36)31-13-11-30(3)12-14-31/h8-9,16-17H,4-7,10-15H2,1-3H3,(H,27,28). The second-order valence-corrected chi connectivity index (χ2v) is 11.6. The quantitative estimate of drug-likeness (QED) is 0.302. The van der Waals surface area contributed by atoms with Crippen molar-refractivity contribution in [2.45, 2.75) is 51.0 Å². The van der Waals surface area contributed by atoms with Gasteiger partial charge in [0.25, 0.3) is 0 Å². The Bertz CT molecular complexity index is 1600. The largest absolute Gasteiger partial charge is 0.493 e. The van der Waals surface area contributed by atoms with E-state index in [1.165, 1.54) is 15.0 Å². The van der Waals surface area contributed by atoms with Gasteiger partial charge in [0.15, 0.2) is 11.3 Å². The molecule has 0 radical (unpaired) electrons. The van der Waals surface area contributed by atoms with Gasteiger partial charge in [-0.2, -0.15) is 4.31 Å². The molecule has 0 saturated carbocycles. The topological polar surface area (TPSA) is 131 Å². The number of aromatic amines is 1. The lowest BCUT2D eigenvalue weighted by atomic mass is 10.2. The van der Waals surface area contributed by atoms with Crippen LogP contribution in [0.4, 0.5) is 0 Å². The van der Waals surface area contributed by atoms with Crippen LogP contribution < -0.4 is 10.4 Å². The summed E-state index contributed by atoms with van der Waals surface area (Å²) in [6.07, 6.45) is 5.01. The van der Waals surface area contributed by atoms with E-state index in [0.29, 0.717) is 73.3 Å². The van der Waals surface area contributed by atoms with Crippen molar-refractivity contribution in [3.05, 3.63) is 35.0 Å². The Morgan fingerprint density at radius 2 is 1.84 bits per heavy atom. The van der Waals surface area contributed by atoms with Crippen molar-refractivity contribution >= 4 is 26.8 Å². The van der Waals surface area contributed by atoms with Gasteiger partial charge in [0.05, 0.1) is 17.1 Å². The Morgan fingerprint density at radius 1 is 1.05 bits per heavy atom. The summed E-state index contributed by atoms with van der Waals surface area (Å²) in [5.41, 5.74) is 1.63. The monoisotopic (exact) mass is 542 g/mol. The molecule has 3 aromatic heterocycles. The highest BCUT2D eigenvalue weighted by Crippen LogP contribution is 2.33. The van der Waals surface area contributed by atoms with E-state index in [2.05, 4.69) is 27.0 Å². The average Bonchev–Trinajstić information content (AvgIpc) is 3.57. The molecule has 1 aliphatic heterocycles. The number of sulfonamides is 1. The zero-order valence-electron chi connectivity index (χ0n) is 22.1. The summed E-state index contributed by atoms with van der Waals surface area (Å²) < 4.78 is 37.6. The van der Waals surface area contributed by atoms with Gasteiger partial charge < -0.3 is 14.6 Å². The summed E-state index contributed by atoms with van der Waals surface area (Å²) in [4.78, 5) is 23.6. The fourth-order valence-electron chi connectivity index (χ4n) is 4.70. The van der Waals surface area contributed by atoms with Gasteiger partial charge in [-0.25, -0.2) is 22.6 Å². The molecule has 5 rings (SSSR count). The van der Waals surface area contributed by atoms with Crippen LogP contribution in [0.1, 0.15) is 39.5 Å². The summed E-state index contributed by atoms with van der Waals surface area (Å²) in [7, 11) is -1.73. The van der Waals surface area contributed by atoms with Gasteiger partial charge in [0.2, 0.25) is 10.0 Å². The molecule has 13 heteroatoms. The van der Waals surface area contributed by atoms with Gasteiger partial charge in [-0.1, -0.05) is 26.7 Å². The highest BCUT2D eigenvalue weighted by Gasteiger charge is 2.29. The zero-order chi connectivity index (χ0) is 26.9. The second-order valence-electron chi connectivity index (χ2n) is 9.66. The van der Waals surface area contributed by atoms with E-state index in [4.69, 9.17) is 9.72 Å². The normalized spacial score (nSPS) is 15.6. The van der Waals surface area contributed by atoms with E-state index in [0.717, 1.165) is 25.7 Å². The zero-order valence-corrected chi connectivity index (χ0v) is 22.9. The summed E-state index contributed by atoms with van der Waals surface area (Å²) >= 11 is 0. The van der Waals surface area contributed by atoms with Crippen LogP contribution in [0.15, 0.2) is 34.2 Å². The first kappa shape index (κ1) is 26.3. The number of aryl methyl sites for hydroxylation is 1. The minimum absolute atomic E-state index is 0.175. The van der Waals surface area contributed by atoms with Gasteiger partial charge >= 0.3 is 5.69 Å². The highest BCUT2D eigenvalue weighted by atomic mass is 32.2. The van der Waals surface area contributed by atoms with E-state index in [9.17, 15) is 13.2 Å². The fraction of sp³-hybridized carbons (Fsp3) is 0.520. The Hall–Kier alpha value is -3.29. The predicted octanol–water partition coefficient (Wildman–Crippen LogP) is 2.35. The molecule has 204 valence electrons. The molecule has 1 N–H and O–H groups in total. The SMILES string of the molecule is CCCCCn1c(=O)n2cnnc2c2[nH]c(-c3cc(S(=O)(=O)N4CCN(C)CC4)ccc3OCCC)nc21. The third-order valence-corrected chi connectivity index (χ3v) is 8.80. The van der Waals surface area contributed by atoms with Crippen molar-refractivity contribution in [2.75, 3.05) is 39.8 Å². The Balaban J connectivity index is 1.65. The number of unbranched alkanes of at least 4 members (excludes halogenated alkanes) is 2. The lowest BCUT2D eigenvalue weighted by molar-refractivity contribution is 0.222. The Morgan fingerprint density at radius 3 is 2.58 bits per heavy atom. The van der Waals surface area contributed by atoms with Gasteiger partial charge in [-0.15, -0.1) is 10.2 Å². The van der Waals surface area contributed by atoms with Crippen LogP contribution in [0.3, 0.4) is 0 Å². The molecular formula is C25H34N8O4S. The van der Waals surface area contributed by atoms with E-state index >= 15 is 0 Å². The molecule has 1 saturated heterocycles. The molecular weight excluding hydrogens is 508 g/mol. The number of likely N-dealkylation sites (N-methyl/N-ethyl adjacent to an activating group) is 1. The molecule has 1 aliphatic rings. The number of H-pyrrole nitrogens is 1. The number of fused-ring (bicyclic) bond motifs is 3. The maximum atomic E-state index is 13.5. The first-order valence-corrected chi connectivity index (χ1v) is 14.6. The molecule has 0 unspecified atom stereocenters. The number of nitrogens with zero attached hydrogens (tertiary/aromatic N) is 7. The molecule has 4 heterocycles. The number of hydrogen-bond acceptors (Lipinski definition) is 8. The van der Waals surface area contributed by atoms with Gasteiger partial charge in [-0.05, 0) is 38.1 Å². The van der Waals surface area contributed by atoms with Crippen molar-refractivity contribution in [1.82, 2.24) is 38.3 Å². The number of benzene rings is 1. The Kier molecular flexibility index (Phi) is 7.50. The first-order valence-electron chi connectivity index (χ1n) is 13.1. The van der Waals surface area contributed by atoms with E-state index in [1.807, 2.05) is 14.0 Å². The summed E-state index contributed by atoms with van der Waals surface area (Å²) in [6.45, 7) is 7.30. The number of aromatic nitrogens is 6. The smallest absolute Gasteiger partial charge is 0.336 e. The predicted molar refractivity (Wildman–Crippen MR) is 144 cm³/mol. The van der Waals surface area contributed by atoms with Crippen LogP contribution in [-0.4, -0.2) is 86.6 Å². The average molecular weight is 543 g/mol. The van der Waals surface area contributed by atoms with E-state index in [-0.39, 0.29) is 10.6 Å². The number of rotatable bonds is 10. The molecule has 1 fully saturated rings. The number of imidazole rings is 1. The summed E-state index contributed by atoms with van der Waals surface area (Å²) in [5, 5.41) is 8.07. The number of piperazine rings is 1. The lowest BCUT2D eigenvalue weighted by Crippen LogP contribution is -2.47. The van der Waals surface area contributed by atoms with Crippen LogP contribution in [0.2, 0.25) is 0 Å². The minimum Gasteiger partial charge on any atom is -0.493 e. The van der Waals surface area contributed by atoms with Crippen LogP contribution in [0.5, 0.6) is 5.75 Å².